The average molecular weight is 249 g/mol. The van der Waals surface area contributed by atoms with Gasteiger partial charge in [0.05, 0.1) is 17.1 Å². The van der Waals surface area contributed by atoms with Crippen molar-refractivity contribution in [3.8, 4) is 0 Å². The number of nitrogen functional groups attached to an aromatic ring is 1. The van der Waals surface area contributed by atoms with E-state index in [9.17, 15) is 13.6 Å². The van der Waals surface area contributed by atoms with E-state index in [1.807, 2.05) is 0 Å². The van der Waals surface area contributed by atoms with Gasteiger partial charge < -0.3 is 10.6 Å². The summed E-state index contributed by atoms with van der Waals surface area (Å²) in [6, 6.07) is 4.32. The van der Waals surface area contributed by atoms with Crippen LogP contribution in [0.1, 0.15) is 10.4 Å². The van der Waals surface area contributed by atoms with E-state index in [0.29, 0.717) is 5.69 Å². The Morgan fingerprint density at radius 3 is 2.69 bits per heavy atom. The zero-order valence-electron chi connectivity index (χ0n) is 8.58. The van der Waals surface area contributed by atoms with Gasteiger partial charge in [0.25, 0.3) is 12.3 Å². The molecule has 88 valence electrons. The summed E-state index contributed by atoms with van der Waals surface area (Å²) in [6.45, 7) is -0.625. The minimum atomic E-state index is -2.57. The highest BCUT2D eigenvalue weighted by molar-refractivity contribution is 6.34. The molecule has 0 atom stereocenters. The van der Waals surface area contributed by atoms with Gasteiger partial charge in [-0.1, -0.05) is 11.6 Å². The molecule has 0 aliphatic carbocycles. The summed E-state index contributed by atoms with van der Waals surface area (Å²) in [6.07, 6.45) is -2.57. The topological polar surface area (TPSA) is 46.3 Å². The van der Waals surface area contributed by atoms with Gasteiger partial charge >= 0.3 is 0 Å². The second-order valence-corrected chi connectivity index (χ2v) is 3.72. The van der Waals surface area contributed by atoms with Crippen LogP contribution in [0.3, 0.4) is 0 Å². The molecular formula is C10H11ClF2N2O. The van der Waals surface area contributed by atoms with E-state index in [1.54, 1.807) is 0 Å². The Morgan fingerprint density at radius 1 is 1.56 bits per heavy atom. The van der Waals surface area contributed by atoms with Gasteiger partial charge in [-0.2, -0.15) is 0 Å². The average Bonchev–Trinajstić information content (AvgIpc) is 2.15. The zero-order chi connectivity index (χ0) is 12.3. The second kappa shape index (κ2) is 5.12. The molecule has 0 spiro atoms. The Hall–Kier alpha value is -1.36. The van der Waals surface area contributed by atoms with Crippen molar-refractivity contribution in [1.82, 2.24) is 4.90 Å². The third-order valence-corrected chi connectivity index (χ3v) is 2.29. The summed E-state index contributed by atoms with van der Waals surface area (Å²) in [5.74, 6) is -0.551. The van der Waals surface area contributed by atoms with Crippen molar-refractivity contribution in [3.05, 3.63) is 28.8 Å². The van der Waals surface area contributed by atoms with Crippen LogP contribution >= 0.6 is 11.6 Å². The van der Waals surface area contributed by atoms with Gasteiger partial charge in [0.15, 0.2) is 0 Å². The van der Waals surface area contributed by atoms with Crippen molar-refractivity contribution in [2.75, 3.05) is 19.3 Å². The number of benzene rings is 1. The molecule has 0 saturated heterocycles. The fourth-order valence-electron chi connectivity index (χ4n) is 1.20. The molecule has 0 aliphatic heterocycles. The molecular weight excluding hydrogens is 238 g/mol. The molecule has 0 bridgehead atoms. The van der Waals surface area contributed by atoms with Gasteiger partial charge in [0.2, 0.25) is 0 Å². The SMILES string of the molecule is CN(CC(F)F)C(=O)c1ccc(N)cc1Cl. The molecule has 1 aromatic rings. The molecule has 0 heterocycles. The van der Waals surface area contributed by atoms with Crippen molar-refractivity contribution in [3.63, 3.8) is 0 Å². The van der Waals surface area contributed by atoms with Crippen LogP contribution in [0.5, 0.6) is 0 Å². The van der Waals surface area contributed by atoms with E-state index in [-0.39, 0.29) is 10.6 Å². The van der Waals surface area contributed by atoms with Crippen LogP contribution in [-0.4, -0.2) is 30.8 Å². The highest BCUT2D eigenvalue weighted by atomic mass is 35.5. The third-order valence-electron chi connectivity index (χ3n) is 1.98. The first-order valence-corrected chi connectivity index (χ1v) is 4.88. The molecule has 2 N–H and O–H groups in total. The lowest BCUT2D eigenvalue weighted by molar-refractivity contribution is 0.0620. The first kappa shape index (κ1) is 12.7. The number of carbonyl (C=O) groups excluding carboxylic acids is 1. The number of amides is 1. The van der Waals surface area contributed by atoms with E-state index < -0.39 is 18.9 Å². The Balaban J connectivity index is 2.88. The molecule has 0 unspecified atom stereocenters. The van der Waals surface area contributed by atoms with Crippen LogP contribution in [0, 0.1) is 0 Å². The number of carbonyl (C=O) groups is 1. The number of hydrogen-bond donors (Lipinski definition) is 1. The maximum Gasteiger partial charge on any atom is 0.255 e. The molecule has 0 aromatic heterocycles. The van der Waals surface area contributed by atoms with Crippen molar-refractivity contribution in [2.24, 2.45) is 0 Å². The van der Waals surface area contributed by atoms with Crippen LogP contribution in [-0.2, 0) is 0 Å². The molecule has 0 radical (unpaired) electrons. The molecule has 3 nitrogen and oxygen atoms in total. The van der Waals surface area contributed by atoms with E-state index in [0.717, 1.165) is 4.90 Å². The van der Waals surface area contributed by atoms with E-state index in [4.69, 9.17) is 17.3 Å². The smallest absolute Gasteiger partial charge is 0.255 e. The predicted octanol–water partition coefficient (Wildman–Crippen LogP) is 2.26. The number of halogens is 3. The van der Waals surface area contributed by atoms with Gasteiger partial charge in [-0.15, -0.1) is 0 Å². The number of hydrogen-bond acceptors (Lipinski definition) is 2. The van der Waals surface area contributed by atoms with Gasteiger partial charge in [-0.3, -0.25) is 4.79 Å². The quantitative estimate of drug-likeness (QED) is 0.834. The van der Waals surface area contributed by atoms with Crippen LogP contribution in [0.15, 0.2) is 18.2 Å². The monoisotopic (exact) mass is 248 g/mol. The summed E-state index contributed by atoms with van der Waals surface area (Å²) in [4.78, 5) is 12.6. The first-order valence-electron chi connectivity index (χ1n) is 4.50. The van der Waals surface area contributed by atoms with Crippen LogP contribution in [0.4, 0.5) is 14.5 Å². The molecule has 0 saturated carbocycles. The molecule has 1 aromatic carbocycles. The van der Waals surface area contributed by atoms with Gasteiger partial charge in [-0.05, 0) is 18.2 Å². The van der Waals surface area contributed by atoms with Crippen LogP contribution < -0.4 is 5.73 Å². The van der Waals surface area contributed by atoms with Crippen LogP contribution in [0.2, 0.25) is 5.02 Å². The lowest BCUT2D eigenvalue weighted by Crippen LogP contribution is -2.31. The molecule has 0 fully saturated rings. The normalized spacial score (nSPS) is 10.6. The van der Waals surface area contributed by atoms with Crippen molar-refractivity contribution < 1.29 is 13.6 Å². The Kier molecular flexibility index (Phi) is 4.06. The molecule has 0 aliphatic rings. The molecule has 16 heavy (non-hydrogen) atoms. The maximum absolute atomic E-state index is 12.1. The minimum Gasteiger partial charge on any atom is -0.399 e. The summed E-state index contributed by atoms with van der Waals surface area (Å²) in [5, 5.41) is 0.158. The molecule has 1 rings (SSSR count). The lowest BCUT2D eigenvalue weighted by Gasteiger charge is -2.17. The number of nitrogens with two attached hydrogens (primary N) is 1. The van der Waals surface area contributed by atoms with E-state index in [1.165, 1.54) is 25.2 Å². The maximum atomic E-state index is 12.1. The van der Waals surface area contributed by atoms with Crippen LogP contribution in [0.25, 0.3) is 0 Å². The first-order chi connectivity index (χ1) is 7.41. The highest BCUT2D eigenvalue weighted by Gasteiger charge is 2.18. The molecule has 1 amide bonds. The fourth-order valence-corrected chi connectivity index (χ4v) is 1.47. The molecule has 6 heteroatoms. The van der Waals surface area contributed by atoms with Gasteiger partial charge in [-0.25, -0.2) is 8.78 Å². The Morgan fingerprint density at radius 2 is 2.19 bits per heavy atom. The highest BCUT2D eigenvalue weighted by Crippen LogP contribution is 2.20. The van der Waals surface area contributed by atoms with Gasteiger partial charge in [0, 0.05) is 12.7 Å². The summed E-state index contributed by atoms with van der Waals surface area (Å²) >= 11 is 5.79. The predicted molar refractivity (Wildman–Crippen MR) is 58.8 cm³/mol. The lowest BCUT2D eigenvalue weighted by atomic mass is 10.2. The van der Waals surface area contributed by atoms with Gasteiger partial charge in [0.1, 0.15) is 0 Å². The largest absolute Gasteiger partial charge is 0.399 e. The number of alkyl halides is 2. The van der Waals surface area contributed by atoms with E-state index >= 15 is 0 Å². The summed E-state index contributed by atoms with van der Waals surface area (Å²) < 4.78 is 24.2. The van der Waals surface area contributed by atoms with Crippen molar-refractivity contribution in [2.45, 2.75) is 6.43 Å². The summed E-state index contributed by atoms with van der Waals surface area (Å²) in [5.41, 5.74) is 6.04. The Labute approximate surface area is 96.8 Å². The Bertz CT molecular complexity index is 398. The zero-order valence-corrected chi connectivity index (χ0v) is 9.34. The minimum absolute atomic E-state index is 0.158. The number of nitrogens with zero attached hydrogens (tertiary/aromatic N) is 1. The summed E-state index contributed by atoms with van der Waals surface area (Å²) in [7, 11) is 1.29. The van der Waals surface area contributed by atoms with Crippen molar-refractivity contribution in [1.29, 1.82) is 0 Å². The van der Waals surface area contributed by atoms with Crippen molar-refractivity contribution >= 4 is 23.2 Å². The standard InChI is InChI=1S/C10H11ClF2N2O/c1-15(5-9(12)13)10(16)7-3-2-6(14)4-8(7)11/h2-4,9H,5,14H2,1H3. The number of anilines is 1. The number of rotatable bonds is 3. The fraction of sp³-hybridized carbons (Fsp3) is 0.300. The van der Waals surface area contributed by atoms with E-state index in [2.05, 4.69) is 0 Å². The second-order valence-electron chi connectivity index (χ2n) is 3.32. The third kappa shape index (κ3) is 3.06.